The lowest BCUT2D eigenvalue weighted by molar-refractivity contribution is -0.118. The second-order valence-corrected chi connectivity index (χ2v) is 5.81. The molecule has 0 fully saturated rings. The van der Waals surface area contributed by atoms with Crippen molar-refractivity contribution >= 4 is 23.2 Å². The van der Waals surface area contributed by atoms with E-state index in [1.54, 1.807) is 37.3 Å². The molecule has 0 unspecified atom stereocenters. The van der Waals surface area contributed by atoms with Gasteiger partial charge in [0.05, 0.1) is 32.2 Å². The molecular weight excluding hydrogens is 320 g/mol. The van der Waals surface area contributed by atoms with Gasteiger partial charge in [0.1, 0.15) is 11.5 Å². The Balaban J connectivity index is 1.73. The molecule has 0 atom stereocenters. The molecule has 0 saturated carbocycles. The van der Waals surface area contributed by atoms with Crippen LogP contribution >= 0.6 is 0 Å². The molecule has 1 N–H and O–H groups in total. The summed E-state index contributed by atoms with van der Waals surface area (Å²) in [5.41, 5.74) is 2.17. The minimum atomic E-state index is -0.142. The number of rotatable bonds is 4. The van der Waals surface area contributed by atoms with Crippen LogP contribution < -0.4 is 19.7 Å². The van der Waals surface area contributed by atoms with Gasteiger partial charge in [0.2, 0.25) is 11.8 Å². The fourth-order valence-electron chi connectivity index (χ4n) is 2.70. The average Bonchev–Trinajstić information content (AvgIpc) is 2.74. The lowest BCUT2D eigenvalue weighted by Crippen LogP contribution is -2.25. The van der Waals surface area contributed by atoms with E-state index in [0.717, 1.165) is 5.56 Å². The number of hydrogen-bond donors (Lipinski definition) is 1. The van der Waals surface area contributed by atoms with Crippen LogP contribution in [-0.4, -0.2) is 32.6 Å². The maximum absolute atomic E-state index is 12.3. The zero-order valence-corrected chi connectivity index (χ0v) is 14.2. The van der Waals surface area contributed by atoms with Crippen molar-refractivity contribution in [3.63, 3.8) is 0 Å². The summed E-state index contributed by atoms with van der Waals surface area (Å²) in [4.78, 5) is 25.8. The maximum atomic E-state index is 12.3. The first-order valence-electron chi connectivity index (χ1n) is 8.03. The third kappa shape index (κ3) is 3.91. The van der Waals surface area contributed by atoms with Crippen molar-refractivity contribution in [3.05, 3.63) is 48.0 Å². The standard InChI is InChI=1S/C19H20N2O4/c1-21-16-10-13(6-7-17(16)25-9-8-19(21)23)11-18(22)20-14-4-3-5-15(12-14)24-2/h3-7,10,12H,8-9,11H2,1-2H3,(H,20,22). The number of carbonyl (C=O) groups is 2. The minimum absolute atomic E-state index is 0.00303. The predicted molar refractivity (Wildman–Crippen MR) is 95.3 cm³/mol. The van der Waals surface area contributed by atoms with Crippen LogP contribution in [0.15, 0.2) is 42.5 Å². The molecule has 130 valence electrons. The molecule has 0 spiro atoms. The summed E-state index contributed by atoms with van der Waals surface area (Å²) < 4.78 is 10.7. The second kappa shape index (κ2) is 7.25. The monoisotopic (exact) mass is 340 g/mol. The first kappa shape index (κ1) is 16.8. The van der Waals surface area contributed by atoms with E-state index >= 15 is 0 Å². The van der Waals surface area contributed by atoms with Gasteiger partial charge in [-0.25, -0.2) is 0 Å². The van der Waals surface area contributed by atoms with Gasteiger partial charge in [0.15, 0.2) is 0 Å². The van der Waals surface area contributed by atoms with Gasteiger partial charge in [-0.05, 0) is 29.8 Å². The fraction of sp³-hybridized carbons (Fsp3) is 0.263. The molecule has 6 heteroatoms. The van der Waals surface area contributed by atoms with Crippen molar-refractivity contribution in [2.75, 3.05) is 31.0 Å². The number of anilines is 2. The largest absolute Gasteiger partial charge is 0.497 e. The zero-order chi connectivity index (χ0) is 17.8. The molecule has 1 heterocycles. The summed E-state index contributed by atoms with van der Waals surface area (Å²) in [5.74, 6) is 1.19. The number of hydrogen-bond acceptors (Lipinski definition) is 4. The highest BCUT2D eigenvalue weighted by Crippen LogP contribution is 2.31. The van der Waals surface area contributed by atoms with E-state index in [-0.39, 0.29) is 18.2 Å². The van der Waals surface area contributed by atoms with E-state index < -0.39 is 0 Å². The lowest BCUT2D eigenvalue weighted by Gasteiger charge is -2.17. The number of fused-ring (bicyclic) bond motifs is 1. The van der Waals surface area contributed by atoms with Gasteiger partial charge < -0.3 is 19.7 Å². The number of carbonyl (C=O) groups excluding carboxylic acids is 2. The summed E-state index contributed by atoms with van der Waals surface area (Å²) in [5, 5.41) is 2.85. The Bertz CT molecular complexity index is 804. The number of ether oxygens (including phenoxy) is 2. The van der Waals surface area contributed by atoms with Gasteiger partial charge >= 0.3 is 0 Å². The maximum Gasteiger partial charge on any atom is 0.230 e. The van der Waals surface area contributed by atoms with Crippen LogP contribution in [0.3, 0.4) is 0 Å². The third-order valence-corrected chi connectivity index (χ3v) is 4.05. The molecule has 25 heavy (non-hydrogen) atoms. The van der Waals surface area contributed by atoms with Crippen LogP contribution in [0.4, 0.5) is 11.4 Å². The van der Waals surface area contributed by atoms with Crippen molar-refractivity contribution in [1.29, 1.82) is 0 Å². The first-order chi connectivity index (χ1) is 12.1. The molecule has 0 bridgehead atoms. The van der Waals surface area contributed by atoms with Gasteiger partial charge in [0, 0.05) is 18.8 Å². The van der Waals surface area contributed by atoms with Crippen molar-refractivity contribution in [2.24, 2.45) is 0 Å². The van der Waals surface area contributed by atoms with Crippen LogP contribution in [-0.2, 0) is 16.0 Å². The predicted octanol–water partition coefficient (Wildman–Crippen LogP) is 2.62. The van der Waals surface area contributed by atoms with Gasteiger partial charge in [0.25, 0.3) is 0 Å². The third-order valence-electron chi connectivity index (χ3n) is 4.05. The molecule has 0 saturated heterocycles. The smallest absolute Gasteiger partial charge is 0.230 e. The molecule has 0 aliphatic carbocycles. The van der Waals surface area contributed by atoms with Crippen molar-refractivity contribution in [2.45, 2.75) is 12.8 Å². The van der Waals surface area contributed by atoms with Crippen LogP contribution in [0.25, 0.3) is 0 Å². The molecule has 0 radical (unpaired) electrons. The van der Waals surface area contributed by atoms with E-state index in [0.29, 0.717) is 35.9 Å². The van der Waals surface area contributed by atoms with E-state index in [4.69, 9.17) is 9.47 Å². The summed E-state index contributed by atoms with van der Waals surface area (Å²) in [7, 11) is 3.30. The highest BCUT2D eigenvalue weighted by Gasteiger charge is 2.20. The van der Waals surface area contributed by atoms with E-state index in [2.05, 4.69) is 5.32 Å². The fourth-order valence-corrected chi connectivity index (χ4v) is 2.70. The Labute approximate surface area is 146 Å². The summed E-state index contributed by atoms with van der Waals surface area (Å²) in [6.07, 6.45) is 0.545. The van der Waals surface area contributed by atoms with Gasteiger partial charge in [-0.2, -0.15) is 0 Å². The summed E-state index contributed by atoms with van der Waals surface area (Å²) >= 11 is 0. The Morgan fingerprint density at radius 1 is 1.28 bits per heavy atom. The Kier molecular flexibility index (Phi) is 4.88. The number of nitrogens with zero attached hydrogens (tertiary/aromatic N) is 1. The summed E-state index contributed by atoms with van der Waals surface area (Å²) in [6, 6.07) is 12.7. The van der Waals surface area contributed by atoms with Crippen LogP contribution in [0.1, 0.15) is 12.0 Å². The molecule has 6 nitrogen and oxygen atoms in total. The SMILES string of the molecule is COc1cccc(NC(=O)Cc2ccc3c(c2)N(C)C(=O)CCO3)c1. The van der Waals surface area contributed by atoms with Crippen molar-refractivity contribution in [1.82, 2.24) is 0 Å². The van der Waals surface area contributed by atoms with Crippen molar-refractivity contribution in [3.8, 4) is 11.5 Å². The molecule has 1 aliphatic rings. The van der Waals surface area contributed by atoms with E-state index in [9.17, 15) is 9.59 Å². The number of benzene rings is 2. The van der Waals surface area contributed by atoms with Gasteiger partial charge in [-0.15, -0.1) is 0 Å². The molecule has 2 amide bonds. The highest BCUT2D eigenvalue weighted by atomic mass is 16.5. The number of amides is 2. The Hall–Kier alpha value is -3.02. The van der Waals surface area contributed by atoms with Gasteiger partial charge in [-0.3, -0.25) is 9.59 Å². The number of methoxy groups -OCH3 is 1. The van der Waals surface area contributed by atoms with Gasteiger partial charge in [-0.1, -0.05) is 12.1 Å². The van der Waals surface area contributed by atoms with Crippen LogP contribution in [0, 0.1) is 0 Å². The quantitative estimate of drug-likeness (QED) is 0.929. The molecule has 1 aliphatic heterocycles. The molecular formula is C19H20N2O4. The first-order valence-corrected chi connectivity index (χ1v) is 8.03. The van der Waals surface area contributed by atoms with Crippen LogP contribution in [0.5, 0.6) is 11.5 Å². The molecule has 3 rings (SSSR count). The van der Waals surface area contributed by atoms with E-state index in [1.807, 2.05) is 24.3 Å². The zero-order valence-electron chi connectivity index (χ0n) is 14.2. The van der Waals surface area contributed by atoms with E-state index in [1.165, 1.54) is 0 Å². The Morgan fingerprint density at radius 3 is 2.92 bits per heavy atom. The minimum Gasteiger partial charge on any atom is -0.497 e. The lowest BCUT2D eigenvalue weighted by atomic mass is 10.1. The average molecular weight is 340 g/mol. The molecule has 2 aromatic rings. The molecule has 2 aromatic carbocycles. The number of nitrogens with one attached hydrogen (secondary N) is 1. The molecule has 0 aromatic heterocycles. The topological polar surface area (TPSA) is 67.9 Å². The second-order valence-electron chi connectivity index (χ2n) is 5.81. The normalized spacial score (nSPS) is 13.5. The Morgan fingerprint density at radius 2 is 2.12 bits per heavy atom. The highest BCUT2D eigenvalue weighted by molar-refractivity contribution is 5.96. The van der Waals surface area contributed by atoms with Crippen molar-refractivity contribution < 1.29 is 19.1 Å². The summed E-state index contributed by atoms with van der Waals surface area (Å²) in [6.45, 7) is 0.367. The van der Waals surface area contributed by atoms with Crippen LogP contribution in [0.2, 0.25) is 0 Å².